The normalized spacial score (nSPS) is 16.5. The van der Waals surface area contributed by atoms with E-state index in [-0.39, 0.29) is 5.91 Å². The number of amides is 1. The molecule has 19 heavy (non-hydrogen) atoms. The number of carbonyl (C=O) groups is 1. The number of benzene rings is 1. The highest BCUT2D eigenvalue weighted by molar-refractivity contribution is 9.10. The van der Waals surface area contributed by atoms with Crippen LogP contribution < -0.4 is 4.74 Å². The molecule has 1 heterocycles. The summed E-state index contributed by atoms with van der Waals surface area (Å²) in [4.78, 5) is 19.3. The molecule has 1 saturated heterocycles. The molecule has 1 aromatic carbocycles. The maximum Gasteiger partial charge on any atom is 0.254 e. The lowest BCUT2D eigenvalue weighted by Gasteiger charge is -2.33. The van der Waals surface area contributed by atoms with Crippen LogP contribution in [0.15, 0.2) is 22.7 Å². The van der Waals surface area contributed by atoms with Gasteiger partial charge in [-0.25, -0.2) is 0 Å². The molecule has 2 rings (SSSR count). The van der Waals surface area contributed by atoms with Gasteiger partial charge in [-0.05, 0) is 34.1 Å². The van der Waals surface area contributed by atoms with E-state index in [4.69, 9.17) is 9.57 Å². The average Bonchev–Trinajstić information content (AvgIpc) is 2.47. The summed E-state index contributed by atoms with van der Waals surface area (Å²) in [6, 6.07) is 5.39. The van der Waals surface area contributed by atoms with Crippen LogP contribution in [0.1, 0.15) is 10.4 Å². The number of halogens is 1. The van der Waals surface area contributed by atoms with E-state index in [0.29, 0.717) is 24.4 Å². The number of hydrogen-bond donors (Lipinski definition) is 0. The number of ether oxygens (including phenoxy) is 1. The highest BCUT2D eigenvalue weighted by Gasteiger charge is 2.22. The van der Waals surface area contributed by atoms with E-state index >= 15 is 0 Å². The Morgan fingerprint density at radius 3 is 2.47 bits per heavy atom. The second-order valence-electron chi connectivity index (χ2n) is 4.25. The second kappa shape index (κ2) is 6.36. The predicted octanol–water partition coefficient (Wildman–Crippen LogP) is 1.78. The highest BCUT2D eigenvalue weighted by Crippen LogP contribution is 2.26. The summed E-state index contributed by atoms with van der Waals surface area (Å²) < 4.78 is 6.06. The maximum atomic E-state index is 12.4. The maximum absolute atomic E-state index is 12.4. The van der Waals surface area contributed by atoms with Crippen molar-refractivity contribution in [3.05, 3.63) is 28.2 Å². The number of methoxy groups -OCH3 is 1. The Labute approximate surface area is 121 Å². The minimum Gasteiger partial charge on any atom is -0.496 e. The summed E-state index contributed by atoms with van der Waals surface area (Å²) in [5, 5.41) is 1.85. The Balaban J connectivity index is 2.08. The van der Waals surface area contributed by atoms with Crippen molar-refractivity contribution in [1.82, 2.24) is 9.96 Å². The monoisotopic (exact) mass is 328 g/mol. The van der Waals surface area contributed by atoms with Gasteiger partial charge in [0.2, 0.25) is 0 Å². The molecule has 5 nitrogen and oxygen atoms in total. The molecule has 1 aliphatic rings. The summed E-state index contributed by atoms with van der Waals surface area (Å²) in [5.74, 6) is 0.697. The number of carbonyl (C=O) groups excluding carboxylic acids is 1. The third kappa shape index (κ3) is 3.26. The number of rotatable bonds is 3. The molecule has 1 amide bonds. The molecule has 1 aromatic rings. The number of hydroxylamine groups is 2. The van der Waals surface area contributed by atoms with E-state index in [1.807, 2.05) is 16.0 Å². The van der Waals surface area contributed by atoms with E-state index in [1.54, 1.807) is 26.4 Å². The molecule has 104 valence electrons. The van der Waals surface area contributed by atoms with Crippen LogP contribution in [-0.4, -0.2) is 56.3 Å². The zero-order valence-corrected chi connectivity index (χ0v) is 12.6. The summed E-state index contributed by atoms with van der Waals surface area (Å²) in [5.41, 5.74) is 0.644. The SMILES string of the molecule is COc1cc(C(=O)N2CCN(OC)CC2)ccc1Br. The van der Waals surface area contributed by atoms with Crippen LogP contribution >= 0.6 is 15.9 Å². The minimum atomic E-state index is 0.0292. The highest BCUT2D eigenvalue weighted by atomic mass is 79.9. The number of nitrogens with zero attached hydrogens (tertiary/aromatic N) is 2. The van der Waals surface area contributed by atoms with Crippen molar-refractivity contribution in [2.24, 2.45) is 0 Å². The molecule has 0 radical (unpaired) electrons. The fourth-order valence-electron chi connectivity index (χ4n) is 2.05. The third-order valence-corrected chi connectivity index (χ3v) is 3.84. The first-order valence-electron chi connectivity index (χ1n) is 6.07. The Hall–Kier alpha value is -1.11. The van der Waals surface area contributed by atoms with E-state index in [1.165, 1.54) is 0 Å². The minimum absolute atomic E-state index is 0.0292. The van der Waals surface area contributed by atoms with Gasteiger partial charge in [-0.1, -0.05) is 0 Å². The van der Waals surface area contributed by atoms with Gasteiger partial charge in [0.1, 0.15) is 5.75 Å². The number of hydrogen-bond acceptors (Lipinski definition) is 4. The van der Waals surface area contributed by atoms with Crippen molar-refractivity contribution in [3.63, 3.8) is 0 Å². The molecule has 0 bridgehead atoms. The first-order valence-corrected chi connectivity index (χ1v) is 6.87. The Bertz CT molecular complexity index is 459. The van der Waals surface area contributed by atoms with Gasteiger partial charge in [0.25, 0.3) is 5.91 Å². The van der Waals surface area contributed by atoms with Crippen LogP contribution in [0.25, 0.3) is 0 Å². The lowest BCUT2D eigenvalue weighted by atomic mass is 10.1. The van der Waals surface area contributed by atoms with Crippen molar-refractivity contribution in [1.29, 1.82) is 0 Å². The standard InChI is InChI=1S/C13H17BrN2O3/c1-18-12-9-10(3-4-11(12)14)13(17)15-5-7-16(19-2)8-6-15/h3-4,9H,5-8H2,1-2H3. The molecule has 0 unspecified atom stereocenters. The first kappa shape index (κ1) is 14.3. The van der Waals surface area contributed by atoms with Crippen LogP contribution in [0.2, 0.25) is 0 Å². The fourth-order valence-corrected chi connectivity index (χ4v) is 2.46. The zero-order chi connectivity index (χ0) is 13.8. The van der Waals surface area contributed by atoms with Gasteiger partial charge >= 0.3 is 0 Å². The summed E-state index contributed by atoms with van der Waals surface area (Å²) in [7, 11) is 3.24. The zero-order valence-electron chi connectivity index (χ0n) is 11.1. The van der Waals surface area contributed by atoms with E-state index < -0.39 is 0 Å². The third-order valence-electron chi connectivity index (χ3n) is 3.18. The van der Waals surface area contributed by atoms with Crippen LogP contribution in [0.5, 0.6) is 5.75 Å². The van der Waals surface area contributed by atoms with E-state index in [0.717, 1.165) is 17.6 Å². The van der Waals surface area contributed by atoms with E-state index in [9.17, 15) is 4.79 Å². The summed E-state index contributed by atoms with van der Waals surface area (Å²) in [6.45, 7) is 2.81. The first-order chi connectivity index (χ1) is 9.15. The molecule has 6 heteroatoms. The molecular formula is C13H17BrN2O3. The van der Waals surface area contributed by atoms with Crippen LogP contribution in [-0.2, 0) is 4.84 Å². The van der Waals surface area contributed by atoms with Gasteiger partial charge in [0, 0.05) is 31.7 Å². The molecule has 0 aromatic heterocycles. The van der Waals surface area contributed by atoms with Crippen LogP contribution in [0.3, 0.4) is 0 Å². The number of piperazine rings is 1. The Morgan fingerprint density at radius 1 is 1.21 bits per heavy atom. The quantitative estimate of drug-likeness (QED) is 0.848. The molecular weight excluding hydrogens is 312 g/mol. The van der Waals surface area contributed by atoms with Crippen molar-refractivity contribution in [2.75, 3.05) is 40.4 Å². The van der Waals surface area contributed by atoms with Gasteiger partial charge in [-0.3, -0.25) is 4.79 Å². The molecule has 1 fully saturated rings. The van der Waals surface area contributed by atoms with Crippen LogP contribution in [0, 0.1) is 0 Å². The fraction of sp³-hybridized carbons (Fsp3) is 0.462. The van der Waals surface area contributed by atoms with Gasteiger partial charge < -0.3 is 14.5 Å². The van der Waals surface area contributed by atoms with Gasteiger partial charge in [-0.2, -0.15) is 5.06 Å². The van der Waals surface area contributed by atoms with Crippen molar-refractivity contribution in [3.8, 4) is 5.75 Å². The Kier molecular flexibility index (Phi) is 4.79. The van der Waals surface area contributed by atoms with Gasteiger partial charge in [0.05, 0.1) is 18.7 Å². The largest absolute Gasteiger partial charge is 0.496 e. The van der Waals surface area contributed by atoms with Crippen molar-refractivity contribution < 1.29 is 14.4 Å². The van der Waals surface area contributed by atoms with Crippen LogP contribution in [0.4, 0.5) is 0 Å². The Morgan fingerprint density at radius 2 is 1.89 bits per heavy atom. The lowest BCUT2D eigenvalue weighted by molar-refractivity contribution is -0.147. The average molecular weight is 329 g/mol. The molecule has 0 atom stereocenters. The molecule has 0 saturated carbocycles. The molecule has 0 spiro atoms. The predicted molar refractivity (Wildman–Crippen MR) is 75.2 cm³/mol. The summed E-state index contributed by atoms with van der Waals surface area (Å²) in [6.07, 6.45) is 0. The van der Waals surface area contributed by atoms with Crippen molar-refractivity contribution >= 4 is 21.8 Å². The molecule has 0 aliphatic carbocycles. The van der Waals surface area contributed by atoms with E-state index in [2.05, 4.69) is 15.9 Å². The summed E-state index contributed by atoms with van der Waals surface area (Å²) >= 11 is 3.38. The smallest absolute Gasteiger partial charge is 0.254 e. The van der Waals surface area contributed by atoms with Gasteiger partial charge in [-0.15, -0.1) is 0 Å². The molecule has 1 aliphatic heterocycles. The molecule has 0 N–H and O–H groups in total. The topological polar surface area (TPSA) is 42.0 Å². The lowest BCUT2D eigenvalue weighted by Crippen LogP contribution is -2.48. The van der Waals surface area contributed by atoms with Crippen molar-refractivity contribution in [2.45, 2.75) is 0 Å². The van der Waals surface area contributed by atoms with Gasteiger partial charge in [0.15, 0.2) is 0 Å². The second-order valence-corrected chi connectivity index (χ2v) is 5.11.